The summed E-state index contributed by atoms with van der Waals surface area (Å²) in [5.41, 5.74) is 1.04. The molecule has 0 fully saturated rings. The number of hydrogen-bond acceptors (Lipinski definition) is 4. The maximum absolute atomic E-state index is 12.7. The lowest BCUT2D eigenvalue weighted by atomic mass is 10.2. The number of hydrogen-bond donors (Lipinski definition) is 1. The molecular weight excluding hydrogens is 413 g/mol. The number of H-pyrrole nitrogens is 1. The van der Waals surface area contributed by atoms with Crippen LogP contribution in [0.1, 0.15) is 11.4 Å². The molecule has 0 saturated heterocycles. The topological polar surface area (TPSA) is 75.3 Å². The number of halogens is 2. The van der Waals surface area contributed by atoms with Gasteiger partial charge in [-0.25, -0.2) is 4.98 Å². The van der Waals surface area contributed by atoms with Crippen LogP contribution in [0.5, 0.6) is 0 Å². The predicted octanol–water partition coefficient (Wildman–Crippen LogP) is 3.92. The number of ether oxygens (including phenoxy) is 1. The molecule has 0 radical (unpaired) electrons. The van der Waals surface area contributed by atoms with Crippen molar-refractivity contribution in [3.05, 3.63) is 80.3 Å². The first-order chi connectivity index (χ1) is 14.0. The van der Waals surface area contributed by atoms with E-state index in [1.807, 2.05) is 6.07 Å². The Kier molecular flexibility index (Phi) is 7.04. The zero-order valence-electron chi connectivity index (χ0n) is 15.7. The molecular formula is C21H19Cl2N3O3. The van der Waals surface area contributed by atoms with Crippen molar-refractivity contribution in [2.24, 2.45) is 0 Å². The highest BCUT2D eigenvalue weighted by Crippen LogP contribution is 2.20. The van der Waals surface area contributed by atoms with Gasteiger partial charge in [0.1, 0.15) is 5.82 Å². The van der Waals surface area contributed by atoms with E-state index in [0.717, 1.165) is 0 Å². The van der Waals surface area contributed by atoms with Gasteiger partial charge >= 0.3 is 0 Å². The molecule has 0 saturated carbocycles. The zero-order chi connectivity index (χ0) is 20.8. The summed E-state index contributed by atoms with van der Waals surface area (Å²) in [5, 5.41) is 1.47. The van der Waals surface area contributed by atoms with Crippen molar-refractivity contribution in [3.63, 3.8) is 0 Å². The highest BCUT2D eigenvalue weighted by atomic mass is 35.5. The van der Waals surface area contributed by atoms with Gasteiger partial charge in [-0.2, -0.15) is 0 Å². The molecule has 0 aliphatic rings. The highest BCUT2D eigenvalue weighted by Gasteiger charge is 2.14. The molecule has 8 heteroatoms. The van der Waals surface area contributed by atoms with E-state index >= 15 is 0 Å². The third-order valence-electron chi connectivity index (χ3n) is 4.18. The van der Waals surface area contributed by atoms with Gasteiger partial charge in [0.05, 0.1) is 24.1 Å². The molecule has 2 aromatic carbocycles. The number of fused-ring (bicyclic) bond motifs is 1. The molecule has 0 bridgehead atoms. The fourth-order valence-electron chi connectivity index (χ4n) is 2.80. The summed E-state index contributed by atoms with van der Waals surface area (Å²) < 4.78 is 5.10. The second kappa shape index (κ2) is 9.69. The van der Waals surface area contributed by atoms with Crippen LogP contribution in [0.25, 0.3) is 17.0 Å². The third kappa shape index (κ3) is 5.67. The smallest absolute Gasteiger partial charge is 0.258 e. The Balaban J connectivity index is 1.82. The molecule has 0 atom stereocenters. The van der Waals surface area contributed by atoms with E-state index in [0.29, 0.717) is 45.5 Å². The van der Waals surface area contributed by atoms with E-state index < -0.39 is 0 Å². The van der Waals surface area contributed by atoms with E-state index in [1.165, 1.54) is 6.08 Å². The van der Waals surface area contributed by atoms with Crippen molar-refractivity contribution in [2.45, 2.75) is 6.54 Å². The lowest BCUT2D eigenvalue weighted by Gasteiger charge is -2.20. The van der Waals surface area contributed by atoms with Crippen LogP contribution in [0, 0.1) is 0 Å². The quantitative estimate of drug-likeness (QED) is 0.575. The number of carbonyl (C=O) groups is 1. The van der Waals surface area contributed by atoms with Crippen molar-refractivity contribution in [1.29, 1.82) is 0 Å². The summed E-state index contributed by atoms with van der Waals surface area (Å²) in [5.74, 6) is 0.145. The van der Waals surface area contributed by atoms with Crippen LogP contribution in [0.3, 0.4) is 0 Å². The molecule has 1 N–H and O–H groups in total. The SMILES string of the molecule is COCCN(Cc1nc2ccccc2c(=O)[nH]1)C(=O)/C=C/c1cc(Cl)cc(Cl)c1. The normalized spacial score (nSPS) is 11.3. The standard InChI is InChI=1S/C21H19Cl2N3O3/c1-29-9-8-26(20(27)7-6-14-10-15(22)12-16(23)11-14)13-19-24-18-5-3-2-4-17(18)21(28)25-19/h2-7,10-12H,8-9,13H2,1H3,(H,24,25,28)/b7-6+. The van der Waals surface area contributed by atoms with Gasteiger partial charge in [-0.3, -0.25) is 9.59 Å². The number of amides is 1. The van der Waals surface area contributed by atoms with Crippen molar-refractivity contribution >= 4 is 46.1 Å². The van der Waals surface area contributed by atoms with Gasteiger partial charge in [-0.15, -0.1) is 0 Å². The van der Waals surface area contributed by atoms with Crippen LogP contribution < -0.4 is 5.56 Å². The van der Waals surface area contributed by atoms with Gasteiger partial charge in [0.25, 0.3) is 5.56 Å². The van der Waals surface area contributed by atoms with Crippen LogP contribution in [0.2, 0.25) is 10.0 Å². The fraction of sp³-hybridized carbons (Fsp3) is 0.190. The van der Waals surface area contributed by atoms with Gasteiger partial charge in [0, 0.05) is 29.8 Å². The van der Waals surface area contributed by atoms with Gasteiger partial charge in [-0.1, -0.05) is 35.3 Å². The molecule has 29 heavy (non-hydrogen) atoms. The van der Waals surface area contributed by atoms with E-state index in [9.17, 15) is 9.59 Å². The minimum atomic E-state index is -0.256. The molecule has 1 aromatic heterocycles. The van der Waals surface area contributed by atoms with Crippen LogP contribution >= 0.6 is 23.2 Å². The van der Waals surface area contributed by atoms with Crippen molar-refractivity contribution < 1.29 is 9.53 Å². The minimum absolute atomic E-state index is 0.142. The first-order valence-corrected chi connectivity index (χ1v) is 9.62. The number of rotatable bonds is 7. The Labute approximate surface area is 177 Å². The molecule has 0 spiro atoms. The Morgan fingerprint density at radius 2 is 1.93 bits per heavy atom. The van der Waals surface area contributed by atoms with Crippen LogP contribution in [-0.4, -0.2) is 41.0 Å². The molecule has 0 aliphatic carbocycles. The molecule has 0 unspecified atom stereocenters. The average molecular weight is 432 g/mol. The Morgan fingerprint density at radius 3 is 2.66 bits per heavy atom. The lowest BCUT2D eigenvalue weighted by Crippen LogP contribution is -2.33. The van der Waals surface area contributed by atoms with Crippen LogP contribution in [0.4, 0.5) is 0 Å². The first-order valence-electron chi connectivity index (χ1n) is 8.86. The Morgan fingerprint density at radius 1 is 1.21 bits per heavy atom. The molecule has 0 aliphatic heterocycles. The molecule has 6 nitrogen and oxygen atoms in total. The number of nitrogens with zero attached hydrogens (tertiary/aromatic N) is 2. The maximum Gasteiger partial charge on any atom is 0.258 e. The van der Waals surface area contributed by atoms with Crippen molar-refractivity contribution in [2.75, 3.05) is 20.3 Å². The minimum Gasteiger partial charge on any atom is -0.383 e. The summed E-state index contributed by atoms with van der Waals surface area (Å²) in [6.45, 7) is 0.829. The van der Waals surface area contributed by atoms with E-state index in [-0.39, 0.29) is 18.0 Å². The summed E-state index contributed by atoms with van der Waals surface area (Å²) in [6.07, 6.45) is 3.06. The average Bonchev–Trinajstić information content (AvgIpc) is 2.68. The van der Waals surface area contributed by atoms with E-state index in [4.69, 9.17) is 27.9 Å². The van der Waals surface area contributed by atoms with Gasteiger partial charge in [0.2, 0.25) is 5.91 Å². The number of aromatic amines is 1. The Hall–Kier alpha value is -2.67. The molecule has 150 valence electrons. The number of aromatic nitrogens is 2. The van der Waals surface area contributed by atoms with Crippen molar-refractivity contribution in [1.82, 2.24) is 14.9 Å². The summed E-state index contributed by atoms with van der Waals surface area (Å²) in [7, 11) is 1.56. The maximum atomic E-state index is 12.7. The van der Waals surface area contributed by atoms with E-state index in [1.54, 1.807) is 54.5 Å². The molecule has 3 rings (SSSR count). The number of para-hydroxylation sites is 1. The molecule has 1 heterocycles. The number of methoxy groups -OCH3 is 1. The second-order valence-corrected chi connectivity index (χ2v) is 7.19. The lowest BCUT2D eigenvalue weighted by molar-refractivity contribution is -0.127. The number of carbonyl (C=O) groups excluding carboxylic acids is 1. The largest absolute Gasteiger partial charge is 0.383 e. The highest BCUT2D eigenvalue weighted by molar-refractivity contribution is 6.34. The Bertz CT molecular complexity index is 1090. The predicted molar refractivity (Wildman–Crippen MR) is 115 cm³/mol. The third-order valence-corrected chi connectivity index (χ3v) is 4.62. The van der Waals surface area contributed by atoms with Gasteiger partial charge in [0.15, 0.2) is 0 Å². The fourth-order valence-corrected chi connectivity index (χ4v) is 3.35. The second-order valence-electron chi connectivity index (χ2n) is 6.32. The summed E-state index contributed by atoms with van der Waals surface area (Å²) in [6, 6.07) is 12.1. The van der Waals surface area contributed by atoms with Gasteiger partial charge < -0.3 is 14.6 Å². The van der Waals surface area contributed by atoms with Crippen molar-refractivity contribution in [3.8, 4) is 0 Å². The number of nitrogens with one attached hydrogen (secondary N) is 1. The summed E-state index contributed by atoms with van der Waals surface area (Å²) in [4.78, 5) is 33.8. The molecule has 1 amide bonds. The van der Waals surface area contributed by atoms with Gasteiger partial charge in [-0.05, 0) is 42.0 Å². The first kappa shape index (κ1) is 21.0. The monoisotopic (exact) mass is 431 g/mol. The van der Waals surface area contributed by atoms with E-state index in [2.05, 4.69) is 9.97 Å². The van der Waals surface area contributed by atoms with Crippen LogP contribution in [0.15, 0.2) is 53.3 Å². The van der Waals surface area contributed by atoms with Crippen LogP contribution in [-0.2, 0) is 16.1 Å². The summed E-state index contributed by atoms with van der Waals surface area (Å²) >= 11 is 12.0. The zero-order valence-corrected chi connectivity index (χ0v) is 17.2. The molecule has 3 aromatic rings. The number of benzene rings is 2.